The Morgan fingerprint density at radius 2 is 2.11 bits per heavy atom. The summed E-state index contributed by atoms with van der Waals surface area (Å²) in [6.07, 6.45) is 0.184. The summed E-state index contributed by atoms with van der Waals surface area (Å²) in [7, 11) is 0. The van der Waals surface area contributed by atoms with Gasteiger partial charge in [0.1, 0.15) is 5.92 Å². The molecule has 7 nitrogen and oxygen atoms in total. The fraction of sp³-hybridized carbons (Fsp3) is 0.833. The second-order valence-electron chi connectivity index (χ2n) is 5.32. The van der Waals surface area contributed by atoms with Gasteiger partial charge in [-0.2, -0.15) is 0 Å². The highest BCUT2D eigenvalue weighted by atomic mass is 16.5. The van der Waals surface area contributed by atoms with Gasteiger partial charge in [0.2, 0.25) is 0 Å². The van der Waals surface area contributed by atoms with E-state index in [2.05, 4.69) is 5.32 Å². The Kier molecular flexibility index (Phi) is 4.26. The molecule has 2 aliphatic rings. The second-order valence-corrected chi connectivity index (χ2v) is 5.32. The zero-order valence-corrected chi connectivity index (χ0v) is 10.9. The van der Waals surface area contributed by atoms with Gasteiger partial charge in [-0.1, -0.05) is 6.92 Å². The smallest absolute Gasteiger partial charge is 0.317 e. The van der Waals surface area contributed by atoms with E-state index in [1.54, 1.807) is 4.90 Å². The topological polar surface area (TPSA) is 99.1 Å². The molecule has 0 radical (unpaired) electrons. The number of carboxylic acid groups (broad SMARTS) is 1. The first-order valence-electron chi connectivity index (χ1n) is 6.53. The predicted octanol–water partition coefficient (Wildman–Crippen LogP) is -0.502. The van der Waals surface area contributed by atoms with E-state index in [0.717, 1.165) is 0 Å². The van der Waals surface area contributed by atoms with Crippen molar-refractivity contribution in [1.82, 2.24) is 10.2 Å². The molecule has 2 aliphatic heterocycles. The zero-order chi connectivity index (χ0) is 14.0. The van der Waals surface area contributed by atoms with Crippen LogP contribution in [0.2, 0.25) is 0 Å². The number of aliphatic hydroxyl groups is 1. The maximum atomic E-state index is 12.1. The van der Waals surface area contributed by atoms with Crippen LogP contribution in [0.4, 0.5) is 4.79 Å². The van der Waals surface area contributed by atoms with Crippen LogP contribution in [0, 0.1) is 11.8 Å². The Morgan fingerprint density at radius 3 is 2.74 bits per heavy atom. The molecule has 2 saturated heterocycles. The summed E-state index contributed by atoms with van der Waals surface area (Å²) in [4.78, 5) is 24.7. The molecule has 19 heavy (non-hydrogen) atoms. The van der Waals surface area contributed by atoms with Crippen molar-refractivity contribution >= 4 is 12.0 Å². The lowest BCUT2D eigenvalue weighted by Gasteiger charge is -2.35. The van der Waals surface area contributed by atoms with E-state index in [0.29, 0.717) is 19.5 Å². The van der Waals surface area contributed by atoms with Crippen molar-refractivity contribution in [1.29, 1.82) is 0 Å². The molecule has 4 unspecified atom stereocenters. The number of rotatable bonds is 2. The van der Waals surface area contributed by atoms with Crippen LogP contribution in [0.1, 0.15) is 13.3 Å². The van der Waals surface area contributed by atoms with Crippen molar-refractivity contribution in [3.8, 4) is 0 Å². The lowest BCUT2D eigenvalue weighted by atomic mass is 9.97. The van der Waals surface area contributed by atoms with Crippen LogP contribution in [-0.4, -0.2) is 65.6 Å². The number of carbonyl (C=O) groups is 2. The summed E-state index contributed by atoms with van der Waals surface area (Å²) in [5, 5.41) is 21.3. The van der Waals surface area contributed by atoms with Gasteiger partial charge in [-0.25, -0.2) is 4.79 Å². The van der Waals surface area contributed by atoms with Gasteiger partial charge in [0, 0.05) is 13.1 Å². The molecular weight excluding hydrogens is 252 g/mol. The molecule has 2 heterocycles. The van der Waals surface area contributed by atoms with Gasteiger partial charge in [-0.3, -0.25) is 4.79 Å². The second kappa shape index (κ2) is 5.75. The molecular formula is C12H20N2O5. The molecule has 108 valence electrons. The number of aliphatic hydroxyl groups excluding tert-OH is 1. The van der Waals surface area contributed by atoms with Gasteiger partial charge in [0.05, 0.1) is 25.4 Å². The normalized spacial score (nSPS) is 35.2. The predicted molar refractivity (Wildman–Crippen MR) is 65.6 cm³/mol. The molecule has 0 saturated carbocycles. The number of nitrogens with one attached hydrogen (secondary N) is 1. The van der Waals surface area contributed by atoms with Crippen molar-refractivity contribution in [2.45, 2.75) is 25.5 Å². The van der Waals surface area contributed by atoms with Gasteiger partial charge < -0.3 is 25.2 Å². The number of likely N-dealkylation sites (tertiary alicyclic amines) is 1. The third-order valence-corrected chi connectivity index (χ3v) is 3.85. The standard InChI is InChI=1S/C12H20N2O5/c1-7-4-14(3-2-10(7)15)12(18)13-9-6-19-5-8(9)11(16)17/h7-10,15H,2-6H2,1H3,(H,13,18)(H,16,17). The molecule has 0 aliphatic carbocycles. The molecule has 4 atom stereocenters. The van der Waals surface area contributed by atoms with Gasteiger partial charge in [0.15, 0.2) is 0 Å². The summed E-state index contributed by atoms with van der Waals surface area (Å²) >= 11 is 0. The molecule has 2 rings (SSSR count). The molecule has 0 aromatic heterocycles. The highest BCUT2D eigenvalue weighted by Crippen LogP contribution is 2.18. The lowest BCUT2D eigenvalue weighted by molar-refractivity contribution is -0.142. The van der Waals surface area contributed by atoms with Gasteiger partial charge in [-0.15, -0.1) is 0 Å². The highest BCUT2D eigenvalue weighted by Gasteiger charge is 2.36. The number of piperidine rings is 1. The van der Waals surface area contributed by atoms with E-state index in [-0.39, 0.29) is 31.3 Å². The summed E-state index contributed by atoms with van der Waals surface area (Å²) < 4.78 is 5.10. The zero-order valence-electron chi connectivity index (χ0n) is 10.9. The van der Waals surface area contributed by atoms with E-state index in [1.807, 2.05) is 6.92 Å². The van der Waals surface area contributed by atoms with Crippen LogP contribution in [0.15, 0.2) is 0 Å². The van der Waals surface area contributed by atoms with Crippen molar-refractivity contribution < 1.29 is 24.5 Å². The number of amides is 2. The molecule has 0 aromatic carbocycles. The number of hydrogen-bond acceptors (Lipinski definition) is 4. The third kappa shape index (κ3) is 3.16. The molecule has 0 aromatic rings. The van der Waals surface area contributed by atoms with Gasteiger partial charge in [-0.05, 0) is 12.3 Å². The average Bonchev–Trinajstić information content (AvgIpc) is 2.80. The number of urea groups is 1. The molecule has 2 amide bonds. The fourth-order valence-corrected chi connectivity index (χ4v) is 2.51. The van der Waals surface area contributed by atoms with Crippen molar-refractivity contribution in [2.24, 2.45) is 11.8 Å². The first-order chi connectivity index (χ1) is 8.99. The number of ether oxygens (including phenoxy) is 1. The maximum absolute atomic E-state index is 12.1. The molecule has 0 bridgehead atoms. The molecule has 0 spiro atoms. The Balaban J connectivity index is 1.89. The number of nitrogens with zero attached hydrogens (tertiary/aromatic N) is 1. The highest BCUT2D eigenvalue weighted by molar-refractivity contribution is 5.77. The Morgan fingerprint density at radius 1 is 1.37 bits per heavy atom. The van der Waals surface area contributed by atoms with Crippen molar-refractivity contribution in [3.05, 3.63) is 0 Å². The SMILES string of the molecule is CC1CN(C(=O)NC2COCC2C(=O)O)CCC1O. The minimum absolute atomic E-state index is 0.0367. The van der Waals surface area contributed by atoms with Crippen LogP contribution in [0.25, 0.3) is 0 Å². The Hall–Kier alpha value is -1.34. The Bertz CT molecular complexity index is 362. The lowest BCUT2D eigenvalue weighted by Crippen LogP contribution is -2.53. The van der Waals surface area contributed by atoms with Crippen LogP contribution in [0.3, 0.4) is 0 Å². The minimum Gasteiger partial charge on any atom is -0.481 e. The van der Waals surface area contributed by atoms with Crippen molar-refractivity contribution in [3.63, 3.8) is 0 Å². The van der Waals surface area contributed by atoms with E-state index in [1.165, 1.54) is 0 Å². The van der Waals surface area contributed by atoms with E-state index in [9.17, 15) is 14.7 Å². The van der Waals surface area contributed by atoms with E-state index in [4.69, 9.17) is 9.84 Å². The summed E-state index contributed by atoms with van der Waals surface area (Å²) in [6, 6.07) is -0.757. The number of hydrogen-bond donors (Lipinski definition) is 3. The molecule has 7 heteroatoms. The molecule has 2 fully saturated rings. The van der Waals surface area contributed by atoms with Crippen LogP contribution in [0.5, 0.6) is 0 Å². The van der Waals surface area contributed by atoms with Crippen molar-refractivity contribution in [2.75, 3.05) is 26.3 Å². The average molecular weight is 272 g/mol. The maximum Gasteiger partial charge on any atom is 0.317 e. The first kappa shape index (κ1) is 14.1. The van der Waals surface area contributed by atoms with E-state index < -0.39 is 17.9 Å². The fourth-order valence-electron chi connectivity index (χ4n) is 2.51. The van der Waals surface area contributed by atoms with Crippen LogP contribution in [-0.2, 0) is 9.53 Å². The van der Waals surface area contributed by atoms with Crippen LogP contribution < -0.4 is 5.32 Å². The number of carbonyl (C=O) groups excluding carboxylic acids is 1. The Labute approximate surface area is 111 Å². The monoisotopic (exact) mass is 272 g/mol. The largest absolute Gasteiger partial charge is 0.481 e. The minimum atomic E-state index is -0.953. The number of aliphatic carboxylic acids is 1. The van der Waals surface area contributed by atoms with Gasteiger partial charge in [0.25, 0.3) is 0 Å². The summed E-state index contributed by atoms with van der Waals surface area (Å²) in [5.74, 6) is -1.60. The third-order valence-electron chi connectivity index (χ3n) is 3.85. The number of carboxylic acids is 1. The van der Waals surface area contributed by atoms with Crippen LogP contribution >= 0.6 is 0 Å². The first-order valence-corrected chi connectivity index (χ1v) is 6.53. The summed E-state index contributed by atoms with van der Waals surface area (Å²) in [6.45, 7) is 3.23. The summed E-state index contributed by atoms with van der Waals surface area (Å²) in [5.41, 5.74) is 0. The quantitative estimate of drug-likeness (QED) is 0.629. The van der Waals surface area contributed by atoms with Gasteiger partial charge >= 0.3 is 12.0 Å². The molecule has 3 N–H and O–H groups in total. The van der Waals surface area contributed by atoms with E-state index >= 15 is 0 Å².